The van der Waals surface area contributed by atoms with Gasteiger partial charge in [-0.05, 0) is 131 Å². The Labute approximate surface area is 289 Å². The number of carbonyl (C=O) groups excluding carboxylic acids is 3. The number of carbonyl (C=O) groups is 4. The largest absolute Gasteiger partial charge is 0.481 e. The molecule has 0 bridgehead atoms. The predicted molar refractivity (Wildman–Crippen MR) is 187 cm³/mol. The zero-order valence-corrected chi connectivity index (χ0v) is 31.8. The fraction of sp³-hybridized carbons (Fsp3) is 0.850. The molecule has 48 heavy (non-hydrogen) atoms. The Balaban J connectivity index is 1.45. The number of Topliss-reactive ketones (excluding diaryl/α,β-unsaturated/α-hetero) is 1. The molecule has 0 saturated heterocycles. The summed E-state index contributed by atoms with van der Waals surface area (Å²) in [5.74, 6) is 0.621. The van der Waals surface area contributed by atoms with Gasteiger partial charge in [-0.2, -0.15) is 0 Å². The van der Waals surface area contributed by atoms with Crippen LogP contribution in [0, 0.1) is 51.2 Å². The molecular formula is C40H64N2O6. The molecule has 0 aromatic rings. The number of rotatable bonds is 7. The number of ketones is 1. The molecule has 2 N–H and O–H groups in total. The summed E-state index contributed by atoms with van der Waals surface area (Å²) in [5, 5.41) is 13.0. The summed E-state index contributed by atoms with van der Waals surface area (Å²) >= 11 is 0. The molecule has 4 saturated carbocycles. The van der Waals surface area contributed by atoms with Crippen molar-refractivity contribution in [2.75, 3.05) is 7.05 Å². The van der Waals surface area contributed by atoms with Gasteiger partial charge in [0.25, 0.3) is 0 Å². The first-order valence-electron chi connectivity index (χ1n) is 18.9. The van der Waals surface area contributed by atoms with Gasteiger partial charge in [0.05, 0.1) is 17.4 Å². The van der Waals surface area contributed by atoms with Gasteiger partial charge in [-0.3, -0.25) is 14.4 Å². The Morgan fingerprint density at radius 3 is 2.19 bits per heavy atom. The molecule has 8 nitrogen and oxygen atoms in total. The minimum absolute atomic E-state index is 0.0367. The number of hydrogen-bond acceptors (Lipinski definition) is 5. The molecule has 5 aliphatic rings. The molecule has 8 atom stereocenters. The van der Waals surface area contributed by atoms with Crippen LogP contribution in [-0.2, 0) is 19.1 Å². The van der Waals surface area contributed by atoms with Gasteiger partial charge in [0.2, 0.25) is 0 Å². The number of ether oxygens (including phenoxy) is 1. The quantitative estimate of drug-likeness (QED) is 0.265. The van der Waals surface area contributed by atoms with E-state index in [4.69, 9.17) is 4.74 Å². The highest BCUT2D eigenvalue weighted by molar-refractivity contribution is 6.02. The lowest BCUT2D eigenvalue weighted by Gasteiger charge is -2.63. The Hall–Kier alpha value is -2.38. The Morgan fingerprint density at radius 1 is 0.938 bits per heavy atom. The van der Waals surface area contributed by atoms with Crippen molar-refractivity contribution >= 4 is 23.8 Å². The van der Waals surface area contributed by atoms with Crippen LogP contribution in [-0.4, -0.2) is 58.5 Å². The summed E-state index contributed by atoms with van der Waals surface area (Å²) < 4.78 is 6.16. The molecule has 4 unspecified atom stereocenters. The third-order valence-corrected chi connectivity index (χ3v) is 14.7. The normalized spacial score (nSPS) is 37.6. The third-order valence-electron chi connectivity index (χ3n) is 14.7. The van der Waals surface area contributed by atoms with Crippen LogP contribution in [0.25, 0.3) is 0 Å². The number of aliphatic carboxylic acids is 1. The summed E-state index contributed by atoms with van der Waals surface area (Å²) in [5.41, 5.74) is 0.371. The van der Waals surface area contributed by atoms with E-state index in [9.17, 15) is 24.3 Å². The van der Waals surface area contributed by atoms with Gasteiger partial charge in [0.1, 0.15) is 6.10 Å². The number of esters is 1. The van der Waals surface area contributed by atoms with Gasteiger partial charge in [-0.1, -0.05) is 48.0 Å². The molecule has 0 radical (unpaired) electrons. The third kappa shape index (κ3) is 5.83. The van der Waals surface area contributed by atoms with Crippen molar-refractivity contribution < 1.29 is 29.0 Å². The molecule has 4 fully saturated rings. The van der Waals surface area contributed by atoms with Crippen molar-refractivity contribution in [2.24, 2.45) is 51.2 Å². The number of hydrogen-bond donors (Lipinski definition) is 2. The number of nitrogens with zero attached hydrogens (tertiary/aromatic N) is 1. The van der Waals surface area contributed by atoms with Gasteiger partial charge < -0.3 is 20.1 Å². The van der Waals surface area contributed by atoms with Gasteiger partial charge >= 0.3 is 18.0 Å². The van der Waals surface area contributed by atoms with E-state index in [2.05, 4.69) is 46.9 Å². The van der Waals surface area contributed by atoms with Gasteiger partial charge in [0.15, 0.2) is 5.78 Å². The van der Waals surface area contributed by atoms with Crippen molar-refractivity contribution in [2.45, 2.75) is 158 Å². The van der Waals surface area contributed by atoms with Crippen molar-refractivity contribution in [1.29, 1.82) is 0 Å². The second kappa shape index (κ2) is 12.4. The van der Waals surface area contributed by atoms with Crippen LogP contribution < -0.4 is 5.32 Å². The Kier molecular flexibility index (Phi) is 9.56. The van der Waals surface area contributed by atoms with Crippen molar-refractivity contribution in [3.05, 3.63) is 11.1 Å². The summed E-state index contributed by atoms with van der Waals surface area (Å²) in [7, 11) is 1.84. The lowest BCUT2D eigenvalue weighted by molar-refractivity contribution is -0.184. The fourth-order valence-corrected chi connectivity index (χ4v) is 11.8. The number of nitrogens with one attached hydrogen (secondary N) is 1. The minimum Gasteiger partial charge on any atom is -0.481 e. The molecule has 270 valence electrons. The average Bonchev–Trinajstić information content (AvgIpc) is 3.16. The van der Waals surface area contributed by atoms with Gasteiger partial charge in [0, 0.05) is 24.9 Å². The van der Waals surface area contributed by atoms with Crippen LogP contribution in [0.4, 0.5) is 4.79 Å². The Morgan fingerprint density at radius 2 is 1.58 bits per heavy atom. The number of urea groups is 1. The molecule has 0 spiro atoms. The first-order chi connectivity index (χ1) is 22.1. The van der Waals surface area contributed by atoms with Crippen LogP contribution in [0.3, 0.4) is 0 Å². The highest BCUT2D eigenvalue weighted by Gasteiger charge is 2.65. The summed E-state index contributed by atoms with van der Waals surface area (Å²) in [6.07, 6.45) is 9.09. The number of carboxylic acids is 1. The maximum Gasteiger partial charge on any atom is 0.318 e. The highest BCUT2D eigenvalue weighted by atomic mass is 16.5. The van der Waals surface area contributed by atoms with Crippen LogP contribution in [0.1, 0.15) is 140 Å². The summed E-state index contributed by atoms with van der Waals surface area (Å²) in [6.45, 7) is 21.1. The monoisotopic (exact) mass is 668 g/mol. The van der Waals surface area contributed by atoms with E-state index in [0.29, 0.717) is 24.2 Å². The molecule has 0 heterocycles. The van der Waals surface area contributed by atoms with E-state index >= 15 is 0 Å². The van der Waals surface area contributed by atoms with E-state index < -0.39 is 22.9 Å². The van der Waals surface area contributed by atoms with Crippen LogP contribution in [0.15, 0.2) is 11.1 Å². The molecule has 0 aromatic heterocycles. The summed E-state index contributed by atoms with van der Waals surface area (Å²) in [4.78, 5) is 53.9. The van der Waals surface area contributed by atoms with E-state index in [0.717, 1.165) is 63.4 Å². The van der Waals surface area contributed by atoms with Crippen LogP contribution in [0.5, 0.6) is 0 Å². The first-order valence-corrected chi connectivity index (χ1v) is 18.9. The van der Waals surface area contributed by atoms with E-state index in [1.807, 2.05) is 20.9 Å². The van der Waals surface area contributed by atoms with Gasteiger partial charge in [-0.15, -0.1) is 0 Å². The van der Waals surface area contributed by atoms with Crippen LogP contribution in [0.2, 0.25) is 0 Å². The first kappa shape index (κ1) is 36.9. The van der Waals surface area contributed by atoms with Crippen molar-refractivity contribution in [3.8, 4) is 0 Å². The van der Waals surface area contributed by atoms with E-state index in [-0.39, 0.29) is 58.5 Å². The van der Waals surface area contributed by atoms with Crippen molar-refractivity contribution in [3.63, 3.8) is 0 Å². The molecule has 2 amide bonds. The zero-order valence-electron chi connectivity index (χ0n) is 31.8. The summed E-state index contributed by atoms with van der Waals surface area (Å²) in [6, 6.07) is -0.0208. The maximum absolute atomic E-state index is 13.8. The second-order valence-electron chi connectivity index (χ2n) is 18.8. The molecule has 5 aliphatic carbocycles. The van der Waals surface area contributed by atoms with E-state index in [1.165, 1.54) is 5.57 Å². The SMILES string of the molecule is CC(C)C1=C2C3CCC4[C@H](CCCC5C(C)(C)C(OC(=O)CC(C)(C)C(=O)O)CC[C@]45C)[C@]3(C)CC[C@@]2(NC(=O)N(C)C(C)C)CC1=O. The predicted octanol–water partition coefficient (Wildman–Crippen LogP) is 8.18. The molecule has 0 aliphatic heterocycles. The minimum atomic E-state index is -1.16. The highest BCUT2D eigenvalue weighted by Crippen LogP contribution is 2.70. The van der Waals surface area contributed by atoms with Gasteiger partial charge in [-0.25, -0.2) is 4.79 Å². The standard InChI is InChI=1S/C40H64N2O6/c1-23(2)32-28(43)21-40(41-35(47)42(11)24(3)4)20-19-38(9)25-13-12-14-29-37(7,8)30(48-31(44)22-36(5,6)34(45)46)17-18-39(29,10)26(25)15-16-27(38)33(32)40/h23-27,29-30H,12-22H2,1-11H3,(H,41,47)(H,45,46)/t25-,26?,27?,29?,30?,38-,39+,40+/m0/s1. The molecule has 0 aromatic carbocycles. The Bertz CT molecular complexity index is 1360. The topological polar surface area (TPSA) is 113 Å². The second-order valence-corrected chi connectivity index (χ2v) is 18.8. The molecular weight excluding hydrogens is 604 g/mol. The van der Waals surface area contributed by atoms with Crippen LogP contribution >= 0.6 is 0 Å². The number of amides is 2. The lowest BCUT2D eigenvalue weighted by Crippen LogP contribution is -2.62. The number of fused-ring (bicyclic) bond motifs is 7. The van der Waals surface area contributed by atoms with E-state index in [1.54, 1.807) is 18.7 Å². The zero-order chi connectivity index (χ0) is 35.8. The lowest BCUT2D eigenvalue weighted by atomic mass is 9.42. The smallest absolute Gasteiger partial charge is 0.318 e. The number of allylic oxidation sites excluding steroid dienone is 1. The molecule has 8 heteroatoms. The number of carboxylic acid groups (broad SMARTS) is 1. The average molecular weight is 669 g/mol. The maximum atomic E-state index is 13.8. The molecule has 5 rings (SSSR count). The van der Waals surface area contributed by atoms with Crippen molar-refractivity contribution in [1.82, 2.24) is 10.2 Å². The fourth-order valence-electron chi connectivity index (χ4n) is 11.8.